The summed E-state index contributed by atoms with van der Waals surface area (Å²) in [5.74, 6) is 1.77. The smallest absolute Gasteiger partial charge is 0.151 e. The number of aromatic amines is 1. The van der Waals surface area contributed by atoms with Gasteiger partial charge in [-0.2, -0.15) is 5.10 Å². The molecule has 1 aromatic rings. The molecule has 14 heavy (non-hydrogen) atoms. The summed E-state index contributed by atoms with van der Waals surface area (Å²) in [4.78, 5) is 0. The molecule has 0 amide bonds. The highest BCUT2D eigenvalue weighted by molar-refractivity contribution is 5.47. The first-order valence-electron chi connectivity index (χ1n) is 5.61. The molecule has 0 saturated heterocycles. The monoisotopic (exact) mass is 193 g/mol. The third-order valence-corrected chi connectivity index (χ3v) is 3.25. The predicted octanol–water partition coefficient (Wildman–Crippen LogP) is 2.67. The number of rotatable bonds is 3. The summed E-state index contributed by atoms with van der Waals surface area (Å²) in [7, 11) is 1.94. The maximum atomic E-state index is 4.31. The van der Waals surface area contributed by atoms with Crippen LogP contribution in [-0.4, -0.2) is 17.2 Å². The molecule has 1 heterocycles. The van der Waals surface area contributed by atoms with Crippen LogP contribution in [-0.2, 0) is 6.42 Å². The Morgan fingerprint density at radius 1 is 1.43 bits per heavy atom. The van der Waals surface area contributed by atoms with Gasteiger partial charge in [0.25, 0.3) is 0 Å². The van der Waals surface area contributed by atoms with Gasteiger partial charge in [0.05, 0.1) is 0 Å². The molecule has 2 N–H and O–H groups in total. The average molecular weight is 193 g/mol. The zero-order chi connectivity index (χ0) is 9.97. The van der Waals surface area contributed by atoms with Crippen molar-refractivity contribution in [2.24, 2.45) is 0 Å². The van der Waals surface area contributed by atoms with Gasteiger partial charge >= 0.3 is 0 Å². The predicted molar refractivity (Wildman–Crippen MR) is 58.7 cm³/mol. The zero-order valence-electron chi connectivity index (χ0n) is 9.06. The normalized spacial score (nSPS) is 17.6. The van der Waals surface area contributed by atoms with E-state index in [2.05, 4.69) is 22.4 Å². The fourth-order valence-electron chi connectivity index (χ4n) is 2.50. The second kappa shape index (κ2) is 4.03. The molecule has 0 bridgehead atoms. The maximum Gasteiger partial charge on any atom is 0.151 e. The van der Waals surface area contributed by atoms with E-state index in [0.29, 0.717) is 0 Å². The van der Waals surface area contributed by atoms with Crippen LogP contribution in [0, 0.1) is 0 Å². The molecule has 0 spiro atoms. The lowest BCUT2D eigenvalue weighted by Gasteiger charge is -2.08. The van der Waals surface area contributed by atoms with Crippen LogP contribution in [0.25, 0.3) is 0 Å². The Kier molecular flexibility index (Phi) is 2.75. The van der Waals surface area contributed by atoms with Crippen molar-refractivity contribution in [2.45, 2.75) is 44.9 Å². The van der Waals surface area contributed by atoms with Gasteiger partial charge in [-0.1, -0.05) is 19.8 Å². The van der Waals surface area contributed by atoms with E-state index < -0.39 is 0 Å². The van der Waals surface area contributed by atoms with Crippen molar-refractivity contribution in [1.29, 1.82) is 0 Å². The van der Waals surface area contributed by atoms with E-state index in [4.69, 9.17) is 0 Å². The molecule has 0 aliphatic heterocycles. The van der Waals surface area contributed by atoms with Gasteiger partial charge < -0.3 is 5.32 Å². The van der Waals surface area contributed by atoms with Crippen LogP contribution >= 0.6 is 0 Å². The Hall–Kier alpha value is -0.990. The zero-order valence-corrected chi connectivity index (χ0v) is 9.06. The highest BCUT2D eigenvalue weighted by atomic mass is 15.2. The third-order valence-electron chi connectivity index (χ3n) is 3.25. The lowest BCUT2D eigenvalue weighted by molar-refractivity contribution is 0.685. The summed E-state index contributed by atoms with van der Waals surface area (Å²) in [6, 6.07) is 0. The lowest BCUT2D eigenvalue weighted by Crippen LogP contribution is -1.98. The standard InChI is InChI=1S/C11H19N3/c1-3-9-10(8-6-4-5-7-8)13-14-11(9)12-2/h8H,3-7H2,1-2H3,(H2,12,13,14). The molecule has 2 rings (SSSR count). The molecule has 0 atom stereocenters. The molecule has 3 heteroatoms. The highest BCUT2D eigenvalue weighted by Crippen LogP contribution is 2.36. The summed E-state index contributed by atoms with van der Waals surface area (Å²) in [6.45, 7) is 2.20. The number of nitrogens with one attached hydrogen (secondary N) is 2. The summed E-state index contributed by atoms with van der Waals surface area (Å²) in [6.07, 6.45) is 6.48. The number of hydrogen-bond acceptors (Lipinski definition) is 2. The Bertz CT molecular complexity index is 297. The van der Waals surface area contributed by atoms with Gasteiger partial charge in [0.2, 0.25) is 0 Å². The van der Waals surface area contributed by atoms with Crippen LogP contribution in [0.1, 0.15) is 49.8 Å². The van der Waals surface area contributed by atoms with Crippen molar-refractivity contribution in [2.75, 3.05) is 12.4 Å². The van der Waals surface area contributed by atoms with Crippen LogP contribution in [0.4, 0.5) is 5.82 Å². The van der Waals surface area contributed by atoms with Gasteiger partial charge in [0.1, 0.15) is 0 Å². The molecule has 0 aromatic carbocycles. The Morgan fingerprint density at radius 2 is 2.14 bits per heavy atom. The van der Waals surface area contributed by atoms with Crippen molar-refractivity contribution in [3.8, 4) is 0 Å². The molecule has 1 aliphatic rings. The van der Waals surface area contributed by atoms with E-state index in [0.717, 1.165) is 18.2 Å². The van der Waals surface area contributed by atoms with Gasteiger partial charge in [0.15, 0.2) is 5.82 Å². The van der Waals surface area contributed by atoms with Gasteiger partial charge in [0, 0.05) is 24.2 Å². The van der Waals surface area contributed by atoms with Crippen LogP contribution in [0.2, 0.25) is 0 Å². The molecule has 1 fully saturated rings. The van der Waals surface area contributed by atoms with Gasteiger partial charge in [-0.05, 0) is 19.3 Å². The summed E-state index contributed by atoms with van der Waals surface area (Å²) >= 11 is 0. The Labute approximate surface area is 85.3 Å². The summed E-state index contributed by atoms with van der Waals surface area (Å²) in [5, 5.41) is 10.7. The Balaban J connectivity index is 2.27. The SMILES string of the molecule is CCc1c(NC)n[nH]c1C1CCCC1. The number of nitrogens with zero attached hydrogens (tertiary/aromatic N) is 1. The largest absolute Gasteiger partial charge is 0.371 e. The van der Waals surface area contributed by atoms with Crippen LogP contribution in [0.5, 0.6) is 0 Å². The van der Waals surface area contributed by atoms with E-state index in [9.17, 15) is 0 Å². The number of anilines is 1. The van der Waals surface area contributed by atoms with Crippen LogP contribution in [0.15, 0.2) is 0 Å². The fourth-order valence-corrected chi connectivity index (χ4v) is 2.50. The first-order valence-corrected chi connectivity index (χ1v) is 5.61. The quantitative estimate of drug-likeness (QED) is 0.774. The van der Waals surface area contributed by atoms with Gasteiger partial charge in [-0.15, -0.1) is 0 Å². The van der Waals surface area contributed by atoms with Gasteiger partial charge in [-0.3, -0.25) is 5.10 Å². The van der Waals surface area contributed by atoms with E-state index in [1.807, 2.05) is 7.05 Å². The number of H-pyrrole nitrogens is 1. The first kappa shape index (κ1) is 9.56. The molecular weight excluding hydrogens is 174 g/mol. The van der Waals surface area contributed by atoms with E-state index >= 15 is 0 Å². The maximum absolute atomic E-state index is 4.31. The van der Waals surface area contributed by atoms with Crippen LogP contribution in [0.3, 0.4) is 0 Å². The lowest BCUT2D eigenvalue weighted by atomic mass is 9.99. The average Bonchev–Trinajstić information content (AvgIpc) is 2.85. The number of aromatic nitrogens is 2. The highest BCUT2D eigenvalue weighted by Gasteiger charge is 2.22. The van der Waals surface area contributed by atoms with Crippen molar-refractivity contribution in [1.82, 2.24) is 10.2 Å². The van der Waals surface area contributed by atoms with Crippen molar-refractivity contribution in [3.63, 3.8) is 0 Å². The van der Waals surface area contributed by atoms with Crippen molar-refractivity contribution >= 4 is 5.82 Å². The fraction of sp³-hybridized carbons (Fsp3) is 0.727. The van der Waals surface area contributed by atoms with Crippen LogP contribution < -0.4 is 5.32 Å². The van der Waals surface area contributed by atoms with Crippen molar-refractivity contribution in [3.05, 3.63) is 11.3 Å². The van der Waals surface area contributed by atoms with Crippen molar-refractivity contribution < 1.29 is 0 Å². The minimum absolute atomic E-state index is 0.736. The second-order valence-corrected chi connectivity index (χ2v) is 4.05. The summed E-state index contributed by atoms with van der Waals surface area (Å²) < 4.78 is 0. The third kappa shape index (κ3) is 1.51. The van der Waals surface area contributed by atoms with E-state index in [-0.39, 0.29) is 0 Å². The minimum Gasteiger partial charge on any atom is -0.371 e. The molecular formula is C11H19N3. The minimum atomic E-state index is 0.736. The summed E-state index contributed by atoms with van der Waals surface area (Å²) in [5.41, 5.74) is 2.77. The molecule has 0 radical (unpaired) electrons. The first-order chi connectivity index (χ1) is 6.86. The van der Waals surface area contributed by atoms with E-state index in [1.165, 1.54) is 36.9 Å². The molecule has 0 unspecified atom stereocenters. The molecule has 3 nitrogen and oxygen atoms in total. The molecule has 78 valence electrons. The van der Waals surface area contributed by atoms with E-state index in [1.54, 1.807) is 0 Å². The second-order valence-electron chi connectivity index (χ2n) is 4.05. The van der Waals surface area contributed by atoms with Gasteiger partial charge in [-0.25, -0.2) is 0 Å². The molecule has 1 aliphatic carbocycles. The number of hydrogen-bond donors (Lipinski definition) is 2. The molecule has 1 saturated carbocycles. The Morgan fingerprint density at radius 3 is 2.71 bits per heavy atom. The molecule has 1 aromatic heterocycles. The topological polar surface area (TPSA) is 40.7 Å².